The standard InChI is InChI=1S/C12H17N4O4PS.C12H17N4OS.2ClH/c1-8-11(3-4-20-21(17,18)19)22-7-16(8)6-10-5-14-9(2)15-12(10)13;1-8-11(3-4-17)18-7-16(8)6-10-5-14-9(2)15-12(10)13;;/h5,7H,3-4,6H2,1-2H3,(H3-,13,14,15,17,18,19);5,7,17H,3-4,6H2,1-2H3,(H2,13,14,15);2*1H/q;+1;;/p-1. The van der Waals surface area contributed by atoms with Crippen LogP contribution in [0.4, 0.5) is 11.6 Å². The molecule has 0 aromatic carbocycles. The molecule has 4 aromatic heterocycles. The molecule has 13 nitrogen and oxygen atoms in total. The zero-order valence-corrected chi connectivity index (χ0v) is 27.6. The highest BCUT2D eigenvalue weighted by atomic mass is 35.5. The maximum atomic E-state index is 10.7. The van der Waals surface area contributed by atoms with Crippen LogP contribution in [0.5, 0.6) is 0 Å². The maximum absolute atomic E-state index is 10.7. The number of aliphatic hydroxyl groups is 1. The number of hydrogen-bond donors (Lipinski definition) is 5. The predicted molar refractivity (Wildman–Crippen MR) is 152 cm³/mol. The highest BCUT2D eigenvalue weighted by Gasteiger charge is 2.20. The third-order valence-corrected chi connectivity index (χ3v) is 8.77. The van der Waals surface area contributed by atoms with Crippen LogP contribution in [0.2, 0.25) is 0 Å². The van der Waals surface area contributed by atoms with Crippen LogP contribution in [0, 0.1) is 27.7 Å². The van der Waals surface area contributed by atoms with E-state index in [1.54, 1.807) is 30.7 Å². The maximum Gasteiger partial charge on any atom is 0.469 e. The van der Waals surface area contributed by atoms with Crippen molar-refractivity contribution in [2.45, 2.75) is 53.6 Å². The molecule has 0 aliphatic heterocycles. The second-order valence-electron chi connectivity index (χ2n) is 8.92. The zero-order valence-electron chi connectivity index (χ0n) is 23.6. The van der Waals surface area contributed by atoms with E-state index >= 15 is 0 Å². The molecule has 0 saturated carbocycles. The Balaban J connectivity index is 0.000000408. The molecule has 0 amide bonds. The van der Waals surface area contributed by atoms with Gasteiger partial charge in [-0.2, -0.15) is 9.13 Å². The van der Waals surface area contributed by atoms with E-state index in [1.165, 1.54) is 16.2 Å². The quantitative estimate of drug-likeness (QED) is 0.0797. The van der Waals surface area contributed by atoms with Crippen LogP contribution in [-0.2, 0) is 35.0 Å². The Morgan fingerprint density at radius 3 is 1.64 bits per heavy atom. The van der Waals surface area contributed by atoms with Gasteiger partial charge in [0.1, 0.15) is 23.3 Å². The Kier molecular flexibility index (Phi) is 15.3. The highest BCUT2D eigenvalue weighted by molar-refractivity contribution is 7.46. The van der Waals surface area contributed by atoms with Crippen molar-refractivity contribution in [3.05, 3.63) is 67.3 Å². The molecule has 0 fully saturated rings. The summed E-state index contributed by atoms with van der Waals surface area (Å²) >= 11 is 3.15. The van der Waals surface area contributed by atoms with Crippen molar-refractivity contribution in [3.63, 3.8) is 0 Å². The number of halogens is 2. The Morgan fingerprint density at radius 1 is 0.833 bits per heavy atom. The van der Waals surface area contributed by atoms with Gasteiger partial charge in [-0.15, -0.1) is 0 Å². The van der Waals surface area contributed by atoms with Crippen LogP contribution in [0.3, 0.4) is 0 Å². The fraction of sp³-hybridized carbons (Fsp3) is 0.417. The molecule has 0 radical (unpaired) electrons. The van der Waals surface area contributed by atoms with Crippen molar-refractivity contribution in [2.24, 2.45) is 0 Å². The lowest BCUT2D eigenvalue weighted by molar-refractivity contribution is -0.689. The van der Waals surface area contributed by atoms with Gasteiger partial charge in [0.05, 0.1) is 27.5 Å². The summed E-state index contributed by atoms with van der Waals surface area (Å²) in [6.45, 7) is 8.96. The lowest BCUT2D eigenvalue weighted by Crippen LogP contribution is -3.00. The molecular formula is C24H35Cl2N8O5PS2. The second kappa shape index (κ2) is 17.1. The molecule has 232 valence electrons. The van der Waals surface area contributed by atoms with E-state index in [0.717, 1.165) is 27.4 Å². The average molecular weight is 682 g/mol. The zero-order chi connectivity index (χ0) is 29.4. The summed E-state index contributed by atoms with van der Waals surface area (Å²) in [6, 6.07) is 0. The summed E-state index contributed by atoms with van der Waals surface area (Å²) in [6.07, 6.45) is 4.61. The first kappa shape index (κ1) is 37.7. The molecule has 0 aliphatic rings. The number of phosphoric ester groups is 1. The Morgan fingerprint density at radius 2 is 1.26 bits per heavy atom. The summed E-state index contributed by atoms with van der Waals surface area (Å²) in [7, 11) is -4.41. The Bertz CT molecular complexity index is 1500. The number of rotatable bonds is 10. The first-order chi connectivity index (χ1) is 18.9. The van der Waals surface area contributed by atoms with E-state index in [1.807, 2.05) is 36.4 Å². The van der Waals surface area contributed by atoms with Gasteiger partial charge < -0.3 is 51.2 Å². The Hall–Kier alpha value is -2.33. The van der Waals surface area contributed by atoms with Gasteiger partial charge in [-0.25, -0.2) is 24.5 Å². The Labute approximate surface area is 264 Å². The molecule has 42 heavy (non-hydrogen) atoms. The van der Waals surface area contributed by atoms with Gasteiger partial charge in [0.2, 0.25) is 11.0 Å². The first-order valence-electron chi connectivity index (χ1n) is 12.3. The SMILES string of the molecule is Cc1ncc(C[n+]2csc(CCO)c2C)c(N)n1.Cc1ncc(C[n+]2csc(CCOP(=O)(O)O)c2C)c(N)n1.[Cl-].[Cl-]. The van der Waals surface area contributed by atoms with E-state index in [-0.39, 0.29) is 38.0 Å². The van der Waals surface area contributed by atoms with Crippen LogP contribution in [-0.4, -0.2) is 48.0 Å². The van der Waals surface area contributed by atoms with Crippen molar-refractivity contribution in [3.8, 4) is 0 Å². The summed E-state index contributed by atoms with van der Waals surface area (Å²) in [5.41, 5.74) is 19.7. The smallest absolute Gasteiger partial charge is 0.469 e. The minimum Gasteiger partial charge on any atom is -1.00 e. The molecule has 0 bridgehead atoms. The number of anilines is 2. The van der Waals surface area contributed by atoms with E-state index in [4.69, 9.17) is 26.4 Å². The molecule has 0 spiro atoms. The number of hydrogen-bond acceptors (Lipinski definition) is 11. The first-order valence-corrected chi connectivity index (χ1v) is 15.6. The fourth-order valence-corrected chi connectivity index (χ4v) is 5.98. The molecule has 0 atom stereocenters. The van der Waals surface area contributed by atoms with Crippen molar-refractivity contribution < 1.29 is 57.9 Å². The third kappa shape index (κ3) is 11.1. The van der Waals surface area contributed by atoms with Gasteiger partial charge >= 0.3 is 7.82 Å². The van der Waals surface area contributed by atoms with E-state index in [2.05, 4.69) is 29.0 Å². The molecule has 4 heterocycles. The van der Waals surface area contributed by atoms with Gasteiger partial charge in [0, 0.05) is 45.7 Å². The van der Waals surface area contributed by atoms with Crippen LogP contribution >= 0.6 is 30.5 Å². The number of nitrogens with two attached hydrogens (primary N) is 2. The van der Waals surface area contributed by atoms with Crippen molar-refractivity contribution >= 4 is 42.1 Å². The summed E-state index contributed by atoms with van der Waals surface area (Å²) in [5, 5.41) is 8.98. The lowest BCUT2D eigenvalue weighted by Gasteiger charge is -2.04. The van der Waals surface area contributed by atoms with Crippen molar-refractivity contribution in [1.82, 2.24) is 19.9 Å². The molecule has 7 N–H and O–H groups in total. The molecule has 4 aromatic rings. The van der Waals surface area contributed by atoms with Crippen molar-refractivity contribution in [1.29, 1.82) is 0 Å². The molecular weight excluding hydrogens is 646 g/mol. The molecule has 4 rings (SSSR count). The number of thiazole rings is 2. The summed E-state index contributed by atoms with van der Waals surface area (Å²) in [4.78, 5) is 36.2. The van der Waals surface area contributed by atoms with Crippen LogP contribution in [0.25, 0.3) is 0 Å². The van der Waals surface area contributed by atoms with Crippen LogP contribution < -0.4 is 45.4 Å². The monoisotopic (exact) mass is 680 g/mol. The van der Waals surface area contributed by atoms with Crippen molar-refractivity contribution in [2.75, 3.05) is 24.7 Å². The topological polar surface area (TPSA) is 198 Å². The van der Waals surface area contributed by atoms with Gasteiger partial charge in [-0.3, -0.25) is 4.52 Å². The van der Waals surface area contributed by atoms with Crippen LogP contribution in [0.1, 0.15) is 43.9 Å². The number of phosphoric acid groups is 1. The number of aryl methyl sites for hydroxylation is 2. The fourth-order valence-electron chi connectivity index (χ4n) is 3.69. The van der Waals surface area contributed by atoms with E-state index in [0.29, 0.717) is 49.2 Å². The summed E-state index contributed by atoms with van der Waals surface area (Å²) in [5.74, 6) is 2.30. The van der Waals surface area contributed by atoms with Crippen LogP contribution in [0.15, 0.2) is 23.4 Å². The number of aromatic nitrogens is 6. The van der Waals surface area contributed by atoms with Gasteiger partial charge in [-0.05, 0) is 13.8 Å². The minimum absolute atomic E-state index is 0. The largest absolute Gasteiger partial charge is 1.00 e. The lowest BCUT2D eigenvalue weighted by atomic mass is 10.2. The van der Waals surface area contributed by atoms with E-state index in [9.17, 15) is 4.57 Å². The third-order valence-electron chi connectivity index (χ3n) is 5.96. The molecule has 18 heteroatoms. The van der Waals surface area contributed by atoms with Gasteiger partial charge in [0.25, 0.3) is 0 Å². The molecule has 0 unspecified atom stereocenters. The normalized spacial score (nSPS) is 10.8. The van der Waals surface area contributed by atoms with Gasteiger partial charge in [0.15, 0.2) is 24.5 Å². The number of nitrogen functional groups attached to an aromatic ring is 2. The summed E-state index contributed by atoms with van der Waals surface area (Å²) < 4.78 is 19.2. The number of aliphatic hydroxyl groups excluding tert-OH is 1. The molecule has 0 saturated heterocycles. The van der Waals surface area contributed by atoms with E-state index < -0.39 is 7.82 Å². The average Bonchev–Trinajstić information content (AvgIpc) is 3.39. The molecule has 0 aliphatic carbocycles. The number of nitrogens with zero attached hydrogens (tertiary/aromatic N) is 6. The van der Waals surface area contributed by atoms with Gasteiger partial charge in [-0.1, -0.05) is 22.7 Å². The minimum atomic E-state index is -4.41. The highest BCUT2D eigenvalue weighted by Crippen LogP contribution is 2.35. The second-order valence-corrected chi connectivity index (χ2v) is 12.0. The predicted octanol–water partition coefficient (Wildman–Crippen LogP) is -4.66.